The summed E-state index contributed by atoms with van der Waals surface area (Å²) in [5, 5.41) is 17.6. The van der Waals surface area contributed by atoms with E-state index in [1.54, 1.807) is 0 Å². The van der Waals surface area contributed by atoms with Crippen LogP contribution in [0.25, 0.3) is 10.9 Å². The summed E-state index contributed by atoms with van der Waals surface area (Å²) >= 11 is 0. The molecule has 0 saturated carbocycles. The third-order valence-corrected chi connectivity index (χ3v) is 10.2. The number of aryl methyl sites for hydroxylation is 1. The zero-order valence-electron chi connectivity index (χ0n) is 28.2. The van der Waals surface area contributed by atoms with Crippen molar-refractivity contribution in [3.05, 3.63) is 54.0 Å². The van der Waals surface area contributed by atoms with E-state index in [-0.39, 0.29) is 10.6 Å². The smallest absolute Gasteiger partial charge is 0.213 e. The lowest BCUT2D eigenvalue weighted by Gasteiger charge is -2.43. The molecule has 3 heterocycles. The van der Waals surface area contributed by atoms with Crippen molar-refractivity contribution in [1.82, 2.24) is 20.5 Å². The van der Waals surface area contributed by atoms with Gasteiger partial charge in [0.15, 0.2) is 0 Å². The normalized spacial score (nSPS) is 16.7. The molecule has 2 aliphatic rings. The van der Waals surface area contributed by atoms with E-state index in [1.165, 1.54) is 12.3 Å². The zero-order valence-corrected chi connectivity index (χ0v) is 29.1. The van der Waals surface area contributed by atoms with Gasteiger partial charge in [-0.25, -0.2) is 12.8 Å². The first kappa shape index (κ1) is 36.7. The minimum absolute atomic E-state index is 0.00233. The SMILES string of the molecule is CC.CC.Cc1ccc2ncc(S(=O)(=O)c3ccc(O)cc3F)c(N3CCC(N4CCC(NCCNC(C)C)CC4)CC3)c2c1. The molecule has 2 aromatic carbocycles. The molecule has 0 bridgehead atoms. The van der Waals surface area contributed by atoms with Gasteiger partial charge in [0.1, 0.15) is 21.4 Å². The van der Waals surface area contributed by atoms with E-state index in [1.807, 2.05) is 52.8 Å². The van der Waals surface area contributed by atoms with Crippen molar-refractivity contribution in [3.8, 4) is 5.75 Å². The van der Waals surface area contributed by atoms with Crippen LogP contribution in [0.1, 0.15) is 72.8 Å². The van der Waals surface area contributed by atoms with Gasteiger partial charge in [0.25, 0.3) is 0 Å². The standard InChI is InChI=1S/C31H42FN5O3S.2C2H6/c1-21(2)33-12-13-34-23-8-14-36(15-9-23)24-10-16-37(17-11-24)31-26-18-22(3)4-6-28(26)35-20-30(31)41(39,40)29-7-5-25(38)19-27(29)32;2*1-2/h4-7,18-21,23-24,33-34,38H,8-17H2,1-3H3;2*1-2H3. The Morgan fingerprint density at radius 2 is 1.60 bits per heavy atom. The summed E-state index contributed by atoms with van der Waals surface area (Å²) in [4.78, 5) is 8.73. The maximum atomic E-state index is 14.8. The Hall–Kier alpha value is -2.79. The van der Waals surface area contributed by atoms with Crippen LogP contribution >= 0.6 is 0 Å². The summed E-state index contributed by atoms with van der Waals surface area (Å²) in [7, 11) is -4.24. The number of nitrogens with one attached hydrogen (secondary N) is 2. The molecule has 0 atom stereocenters. The Kier molecular flexibility index (Phi) is 14.0. The monoisotopic (exact) mass is 643 g/mol. The Morgan fingerprint density at radius 1 is 0.933 bits per heavy atom. The molecule has 2 fully saturated rings. The Bertz CT molecular complexity index is 1470. The van der Waals surface area contributed by atoms with Crippen LogP contribution in [0.4, 0.5) is 10.1 Å². The molecule has 45 heavy (non-hydrogen) atoms. The number of aromatic hydroxyl groups is 1. The average Bonchev–Trinajstić information content (AvgIpc) is 3.04. The first-order valence-corrected chi connectivity index (χ1v) is 18.2. The minimum Gasteiger partial charge on any atom is -0.508 e. The van der Waals surface area contributed by atoms with Crippen LogP contribution in [0.2, 0.25) is 0 Å². The van der Waals surface area contributed by atoms with E-state index in [0.717, 1.165) is 74.9 Å². The number of aromatic nitrogens is 1. The number of fused-ring (bicyclic) bond motifs is 1. The summed E-state index contributed by atoms with van der Waals surface area (Å²) in [6, 6.07) is 10.5. The third kappa shape index (κ3) is 9.15. The van der Waals surface area contributed by atoms with Gasteiger partial charge in [-0.1, -0.05) is 53.2 Å². The molecule has 0 radical (unpaired) electrons. The van der Waals surface area contributed by atoms with E-state index in [0.29, 0.717) is 42.4 Å². The van der Waals surface area contributed by atoms with E-state index >= 15 is 0 Å². The number of phenols is 1. The molecule has 250 valence electrons. The number of pyridine rings is 1. The number of benzene rings is 2. The van der Waals surface area contributed by atoms with Crippen LogP contribution in [0.15, 0.2) is 52.4 Å². The molecule has 5 rings (SSSR count). The van der Waals surface area contributed by atoms with Crippen molar-refractivity contribution in [3.63, 3.8) is 0 Å². The van der Waals surface area contributed by atoms with Gasteiger partial charge in [0, 0.05) is 62.0 Å². The molecule has 0 unspecified atom stereocenters. The third-order valence-electron chi connectivity index (χ3n) is 8.39. The second-order valence-corrected chi connectivity index (χ2v) is 13.6. The molecule has 3 N–H and O–H groups in total. The topological polar surface area (TPSA) is 97.8 Å². The van der Waals surface area contributed by atoms with Crippen molar-refractivity contribution >= 4 is 26.4 Å². The molecular formula is C35H54FN5O3S. The molecule has 2 saturated heterocycles. The van der Waals surface area contributed by atoms with Crippen LogP contribution in [0, 0.1) is 12.7 Å². The predicted molar refractivity (Wildman–Crippen MR) is 184 cm³/mol. The lowest BCUT2D eigenvalue weighted by atomic mass is 9.97. The van der Waals surface area contributed by atoms with Crippen LogP contribution in [0.3, 0.4) is 0 Å². The Labute approximate surface area is 270 Å². The van der Waals surface area contributed by atoms with Crippen molar-refractivity contribution in [2.24, 2.45) is 0 Å². The highest BCUT2D eigenvalue weighted by Gasteiger charge is 2.33. The number of piperidine rings is 2. The second-order valence-electron chi connectivity index (χ2n) is 11.7. The summed E-state index contributed by atoms with van der Waals surface area (Å²) in [6.07, 6.45) is 5.49. The number of nitrogens with zero attached hydrogens (tertiary/aromatic N) is 3. The minimum atomic E-state index is -4.24. The molecule has 2 aliphatic heterocycles. The van der Waals surface area contributed by atoms with Crippen LogP contribution in [-0.4, -0.2) is 80.8 Å². The second kappa shape index (κ2) is 17.2. The number of hydrogen-bond donors (Lipinski definition) is 3. The van der Waals surface area contributed by atoms with Crippen molar-refractivity contribution in [1.29, 1.82) is 0 Å². The fourth-order valence-corrected chi connectivity index (χ4v) is 7.67. The summed E-state index contributed by atoms with van der Waals surface area (Å²) in [6.45, 7) is 19.8. The van der Waals surface area contributed by atoms with Crippen molar-refractivity contribution < 1.29 is 17.9 Å². The molecule has 3 aromatic rings. The lowest BCUT2D eigenvalue weighted by Crippen LogP contribution is -2.51. The van der Waals surface area contributed by atoms with Gasteiger partial charge in [-0.15, -0.1) is 0 Å². The van der Waals surface area contributed by atoms with Crippen LogP contribution < -0.4 is 15.5 Å². The van der Waals surface area contributed by atoms with Crippen LogP contribution in [-0.2, 0) is 9.84 Å². The maximum Gasteiger partial charge on any atom is 0.213 e. The van der Waals surface area contributed by atoms with E-state index in [2.05, 4.69) is 39.3 Å². The average molecular weight is 644 g/mol. The van der Waals surface area contributed by atoms with Gasteiger partial charge < -0.3 is 25.5 Å². The highest BCUT2D eigenvalue weighted by Crippen LogP contribution is 2.39. The van der Waals surface area contributed by atoms with Gasteiger partial charge in [0.05, 0.1) is 11.2 Å². The fourth-order valence-electron chi connectivity index (χ4n) is 6.18. The van der Waals surface area contributed by atoms with Gasteiger partial charge >= 0.3 is 0 Å². The van der Waals surface area contributed by atoms with Gasteiger partial charge in [-0.3, -0.25) is 4.98 Å². The quantitative estimate of drug-likeness (QED) is 0.234. The number of halogens is 1. The lowest BCUT2D eigenvalue weighted by molar-refractivity contribution is 0.125. The molecule has 0 aliphatic carbocycles. The number of hydrogen-bond acceptors (Lipinski definition) is 8. The van der Waals surface area contributed by atoms with Crippen molar-refractivity contribution in [2.45, 2.75) is 102 Å². The number of likely N-dealkylation sites (tertiary alicyclic amines) is 1. The Morgan fingerprint density at radius 3 is 2.22 bits per heavy atom. The van der Waals surface area contributed by atoms with E-state index < -0.39 is 20.5 Å². The summed E-state index contributed by atoms with van der Waals surface area (Å²) < 4.78 is 42.4. The molecule has 0 amide bonds. The number of anilines is 1. The van der Waals surface area contributed by atoms with E-state index in [4.69, 9.17) is 0 Å². The predicted octanol–water partition coefficient (Wildman–Crippen LogP) is 6.29. The molecule has 10 heteroatoms. The van der Waals surface area contributed by atoms with Gasteiger partial charge in [-0.05, 0) is 70.0 Å². The number of phenolic OH excluding ortho intramolecular Hbond substituents is 1. The molecule has 8 nitrogen and oxygen atoms in total. The zero-order chi connectivity index (χ0) is 33.1. The summed E-state index contributed by atoms with van der Waals surface area (Å²) in [5.41, 5.74) is 2.29. The maximum absolute atomic E-state index is 14.8. The van der Waals surface area contributed by atoms with Gasteiger partial charge in [-0.2, -0.15) is 0 Å². The highest BCUT2D eigenvalue weighted by atomic mass is 32.2. The Balaban J connectivity index is 0.00000133. The molecule has 1 aromatic heterocycles. The van der Waals surface area contributed by atoms with Crippen LogP contribution in [0.5, 0.6) is 5.75 Å². The first-order valence-electron chi connectivity index (χ1n) is 16.7. The largest absolute Gasteiger partial charge is 0.508 e. The molecule has 0 spiro atoms. The number of sulfone groups is 1. The van der Waals surface area contributed by atoms with E-state index in [9.17, 15) is 17.9 Å². The summed E-state index contributed by atoms with van der Waals surface area (Å²) in [5.74, 6) is -1.30. The number of rotatable bonds is 9. The van der Waals surface area contributed by atoms with Gasteiger partial charge in [0.2, 0.25) is 9.84 Å². The highest BCUT2D eigenvalue weighted by molar-refractivity contribution is 7.91. The molecular weight excluding hydrogens is 589 g/mol. The first-order chi connectivity index (χ1) is 21.6. The fraction of sp³-hybridized carbons (Fsp3) is 0.571. The van der Waals surface area contributed by atoms with Crippen molar-refractivity contribution in [2.75, 3.05) is 44.2 Å².